The molecule has 0 saturated carbocycles. The topological polar surface area (TPSA) is 101 Å². The van der Waals surface area contributed by atoms with E-state index < -0.39 is 0 Å². The first-order chi connectivity index (χ1) is 14.5. The zero-order chi connectivity index (χ0) is 21.1. The predicted molar refractivity (Wildman–Crippen MR) is 117 cm³/mol. The lowest BCUT2D eigenvalue weighted by Gasteiger charge is -2.16. The number of rotatable bonds is 7. The van der Waals surface area contributed by atoms with E-state index in [1.54, 1.807) is 16.9 Å². The van der Waals surface area contributed by atoms with Crippen LogP contribution in [-0.2, 0) is 4.79 Å². The van der Waals surface area contributed by atoms with Gasteiger partial charge in [-0.1, -0.05) is 6.92 Å². The highest BCUT2D eigenvalue weighted by Gasteiger charge is 2.23. The molecule has 1 atom stereocenters. The SMILES string of the molecule is CCNC1CCN(CC(=O)Nc2cc(-n3nc(C)cc3C)nc(-c3nccs3)n2)C1. The van der Waals surface area contributed by atoms with E-state index in [0.717, 1.165) is 37.4 Å². The molecule has 1 aliphatic rings. The van der Waals surface area contributed by atoms with Crippen molar-refractivity contribution in [3.05, 3.63) is 35.1 Å². The van der Waals surface area contributed by atoms with Crippen LogP contribution in [0.25, 0.3) is 16.6 Å². The third-order valence-corrected chi connectivity index (χ3v) is 5.73. The Morgan fingerprint density at radius 1 is 1.30 bits per heavy atom. The Bertz CT molecular complexity index is 1020. The van der Waals surface area contributed by atoms with Gasteiger partial charge in [0.2, 0.25) is 5.91 Å². The molecular weight excluding hydrogens is 400 g/mol. The molecule has 3 aromatic rings. The fourth-order valence-corrected chi connectivity index (χ4v) is 4.28. The van der Waals surface area contributed by atoms with E-state index >= 15 is 0 Å². The van der Waals surface area contributed by atoms with Crippen molar-refractivity contribution in [1.82, 2.24) is 34.9 Å². The number of amides is 1. The molecule has 1 amide bonds. The largest absolute Gasteiger partial charge is 0.313 e. The van der Waals surface area contributed by atoms with E-state index in [1.807, 2.05) is 25.3 Å². The number of likely N-dealkylation sites (tertiary alicyclic amines) is 1. The number of thiazole rings is 1. The summed E-state index contributed by atoms with van der Waals surface area (Å²) in [5.41, 5.74) is 1.86. The van der Waals surface area contributed by atoms with Crippen molar-refractivity contribution in [3.8, 4) is 16.6 Å². The van der Waals surface area contributed by atoms with Gasteiger partial charge in [-0.05, 0) is 32.9 Å². The van der Waals surface area contributed by atoms with E-state index in [9.17, 15) is 4.79 Å². The van der Waals surface area contributed by atoms with Crippen molar-refractivity contribution in [2.24, 2.45) is 0 Å². The summed E-state index contributed by atoms with van der Waals surface area (Å²) in [6, 6.07) is 4.19. The fourth-order valence-electron chi connectivity index (χ4n) is 3.71. The summed E-state index contributed by atoms with van der Waals surface area (Å²) in [6.07, 6.45) is 2.77. The molecule has 1 aliphatic heterocycles. The van der Waals surface area contributed by atoms with Gasteiger partial charge in [0.15, 0.2) is 16.6 Å². The number of hydrogen-bond acceptors (Lipinski definition) is 8. The molecular formula is C20H26N8OS. The summed E-state index contributed by atoms with van der Waals surface area (Å²) < 4.78 is 1.76. The molecule has 0 spiro atoms. The molecule has 2 N–H and O–H groups in total. The van der Waals surface area contributed by atoms with Gasteiger partial charge >= 0.3 is 0 Å². The normalized spacial score (nSPS) is 16.8. The van der Waals surface area contributed by atoms with Gasteiger partial charge in [0.1, 0.15) is 5.82 Å². The third-order valence-electron chi connectivity index (χ3n) is 4.96. The van der Waals surface area contributed by atoms with Gasteiger partial charge in [0, 0.05) is 42.5 Å². The van der Waals surface area contributed by atoms with Crippen LogP contribution < -0.4 is 10.6 Å². The first kappa shape index (κ1) is 20.6. The van der Waals surface area contributed by atoms with Crippen LogP contribution in [0.4, 0.5) is 5.82 Å². The van der Waals surface area contributed by atoms with Crippen LogP contribution in [0.3, 0.4) is 0 Å². The molecule has 0 aromatic carbocycles. The summed E-state index contributed by atoms with van der Waals surface area (Å²) in [5.74, 6) is 1.43. The number of nitrogens with zero attached hydrogens (tertiary/aromatic N) is 6. The molecule has 4 rings (SSSR count). The quantitative estimate of drug-likeness (QED) is 0.596. The highest BCUT2D eigenvalue weighted by atomic mass is 32.1. The monoisotopic (exact) mass is 426 g/mol. The molecule has 1 unspecified atom stereocenters. The predicted octanol–water partition coefficient (Wildman–Crippen LogP) is 2.02. The number of carbonyl (C=O) groups excluding carboxylic acids is 1. The molecule has 0 radical (unpaired) electrons. The highest BCUT2D eigenvalue weighted by Crippen LogP contribution is 2.22. The second kappa shape index (κ2) is 8.99. The van der Waals surface area contributed by atoms with E-state index in [0.29, 0.717) is 35.1 Å². The molecule has 158 valence electrons. The van der Waals surface area contributed by atoms with E-state index in [4.69, 9.17) is 0 Å². The fraction of sp³-hybridized carbons (Fsp3) is 0.450. The molecule has 1 fully saturated rings. The Labute approximate surface area is 179 Å². The van der Waals surface area contributed by atoms with Crippen molar-refractivity contribution in [1.29, 1.82) is 0 Å². The minimum atomic E-state index is -0.0877. The number of aryl methyl sites for hydroxylation is 2. The Balaban J connectivity index is 1.55. The Hall–Kier alpha value is -2.69. The average molecular weight is 427 g/mol. The number of nitrogens with one attached hydrogen (secondary N) is 2. The smallest absolute Gasteiger partial charge is 0.239 e. The summed E-state index contributed by atoms with van der Waals surface area (Å²) in [6.45, 7) is 9.09. The van der Waals surface area contributed by atoms with Crippen LogP contribution >= 0.6 is 11.3 Å². The minimum Gasteiger partial charge on any atom is -0.313 e. The first-order valence-electron chi connectivity index (χ1n) is 10.1. The molecule has 9 nitrogen and oxygen atoms in total. The van der Waals surface area contributed by atoms with Crippen molar-refractivity contribution in [2.75, 3.05) is 31.5 Å². The summed E-state index contributed by atoms with van der Waals surface area (Å²) in [4.78, 5) is 28.3. The molecule has 30 heavy (non-hydrogen) atoms. The van der Waals surface area contributed by atoms with Gasteiger partial charge in [-0.25, -0.2) is 19.6 Å². The third kappa shape index (κ3) is 4.72. The molecule has 1 saturated heterocycles. The van der Waals surface area contributed by atoms with Gasteiger partial charge < -0.3 is 10.6 Å². The van der Waals surface area contributed by atoms with E-state index in [2.05, 4.69) is 42.5 Å². The lowest BCUT2D eigenvalue weighted by Crippen LogP contribution is -2.36. The van der Waals surface area contributed by atoms with Gasteiger partial charge in [-0.15, -0.1) is 11.3 Å². The summed E-state index contributed by atoms with van der Waals surface area (Å²) in [7, 11) is 0. The summed E-state index contributed by atoms with van der Waals surface area (Å²) in [5, 5.41) is 13.5. The van der Waals surface area contributed by atoms with Crippen LogP contribution in [0.2, 0.25) is 0 Å². The van der Waals surface area contributed by atoms with Gasteiger partial charge in [0.25, 0.3) is 0 Å². The molecule has 0 aliphatic carbocycles. The van der Waals surface area contributed by atoms with Gasteiger partial charge in [-0.3, -0.25) is 9.69 Å². The maximum atomic E-state index is 12.7. The van der Waals surface area contributed by atoms with E-state index in [-0.39, 0.29) is 5.91 Å². The first-order valence-corrected chi connectivity index (χ1v) is 11.0. The Morgan fingerprint density at radius 2 is 2.17 bits per heavy atom. The zero-order valence-corrected chi connectivity index (χ0v) is 18.2. The van der Waals surface area contributed by atoms with Crippen LogP contribution in [-0.4, -0.2) is 67.8 Å². The molecule has 3 aromatic heterocycles. The number of likely N-dealkylation sites (N-methyl/N-ethyl adjacent to an activating group) is 1. The van der Waals surface area contributed by atoms with Gasteiger partial charge in [0.05, 0.1) is 12.2 Å². The minimum absolute atomic E-state index is 0.0877. The Kier molecular flexibility index (Phi) is 6.16. The van der Waals surface area contributed by atoms with Crippen LogP contribution in [0, 0.1) is 13.8 Å². The Morgan fingerprint density at radius 3 is 2.87 bits per heavy atom. The van der Waals surface area contributed by atoms with E-state index in [1.165, 1.54) is 11.3 Å². The van der Waals surface area contributed by atoms with Crippen LogP contribution in [0.5, 0.6) is 0 Å². The second-order valence-corrected chi connectivity index (χ2v) is 8.33. The molecule has 4 heterocycles. The zero-order valence-electron chi connectivity index (χ0n) is 17.4. The standard InChI is InChI=1S/C20H26N8OS/c1-4-21-15-5-7-27(11-15)12-18(29)23-16-10-17(28-14(3)9-13(2)26-28)25-19(24-16)20-22-6-8-30-20/h6,8-10,15,21H,4-5,7,11-12H2,1-3H3,(H,23,24,25,29). The van der Waals surface area contributed by atoms with Crippen LogP contribution in [0.1, 0.15) is 24.7 Å². The molecule has 10 heteroatoms. The average Bonchev–Trinajstić information content (AvgIpc) is 3.44. The maximum Gasteiger partial charge on any atom is 0.239 e. The lowest BCUT2D eigenvalue weighted by atomic mass is 10.3. The van der Waals surface area contributed by atoms with Crippen molar-refractivity contribution < 1.29 is 4.79 Å². The van der Waals surface area contributed by atoms with Crippen molar-refractivity contribution >= 4 is 23.1 Å². The van der Waals surface area contributed by atoms with Crippen molar-refractivity contribution in [2.45, 2.75) is 33.2 Å². The summed E-state index contributed by atoms with van der Waals surface area (Å²) >= 11 is 1.45. The number of anilines is 1. The molecule has 0 bridgehead atoms. The second-order valence-electron chi connectivity index (χ2n) is 7.44. The van der Waals surface area contributed by atoms with Crippen LogP contribution in [0.15, 0.2) is 23.7 Å². The number of carbonyl (C=O) groups is 1. The van der Waals surface area contributed by atoms with Crippen molar-refractivity contribution in [3.63, 3.8) is 0 Å². The number of aromatic nitrogens is 5. The number of hydrogen-bond donors (Lipinski definition) is 2. The lowest BCUT2D eigenvalue weighted by molar-refractivity contribution is -0.117. The highest BCUT2D eigenvalue weighted by molar-refractivity contribution is 7.13. The van der Waals surface area contributed by atoms with Gasteiger partial charge in [-0.2, -0.15) is 5.10 Å². The maximum absolute atomic E-state index is 12.7.